The first-order chi connectivity index (χ1) is 11.5. The maximum atomic E-state index is 5.85. The van der Waals surface area contributed by atoms with Crippen LogP contribution < -0.4 is 10.2 Å². The first-order valence-corrected chi connectivity index (χ1v) is 10.3. The van der Waals surface area contributed by atoms with Gasteiger partial charge in [-0.1, -0.05) is 23.5 Å². The number of para-hydroxylation sites is 1. The van der Waals surface area contributed by atoms with E-state index in [0.29, 0.717) is 0 Å². The van der Waals surface area contributed by atoms with Gasteiger partial charge in [0.25, 0.3) is 0 Å². The molecule has 3 aromatic rings. The predicted octanol–water partition coefficient (Wildman–Crippen LogP) is 5.74. The summed E-state index contributed by atoms with van der Waals surface area (Å²) >= 11 is 6.18. The van der Waals surface area contributed by atoms with E-state index in [4.69, 9.17) is 4.74 Å². The molecule has 0 aliphatic heterocycles. The number of hydrogen-bond acceptors (Lipinski definition) is 5. The van der Waals surface area contributed by atoms with Crippen LogP contribution in [0.2, 0.25) is 0 Å². The van der Waals surface area contributed by atoms with Crippen molar-refractivity contribution in [2.24, 2.45) is 5.10 Å². The van der Waals surface area contributed by atoms with E-state index in [1.807, 2.05) is 32.0 Å². The summed E-state index contributed by atoms with van der Waals surface area (Å²) in [5.74, 6) is 0.933. The molecule has 0 unspecified atom stereocenters. The van der Waals surface area contributed by atoms with Gasteiger partial charge in [0.05, 0.1) is 29.7 Å². The highest BCUT2D eigenvalue weighted by Gasteiger charge is 2.10. The number of anilines is 1. The number of thiazole rings is 1. The number of nitrogens with one attached hydrogen (secondary N) is 1. The fourth-order valence-corrected chi connectivity index (χ4v) is 4.97. The van der Waals surface area contributed by atoms with Crippen LogP contribution >= 0.6 is 56.5 Å². The summed E-state index contributed by atoms with van der Waals surface area (Å²) in [4.78, 5) is 4.50. The van der Waals surface area contributed by atoms with E-state index in [2.05, 4.69) is 78.9 Å². The molecule has 1 aromatic heterocycles. The standard InChI is InChI=1S/C17H15I2N3OS/c1-10(2)23-16-12(18)7-11(8-13(16)19)9-20-22-17-21-14-5-3-4-6-15(14)24-17/h3-10H,1-2H3,(H,21,22)/b20-9+. The lowest BCUT2D eigenvalue weighted by molar-refractivity contribution is 0.239. The topological polar surface area (TPSA) is 46.5 Å². The van der Waals surface area contributed by atoms with E-state index >= 15 is 0 Å². The van der Waals surface area contributed by atoms with Gasteiger partial charge in [-0.05, 0) is 88.9 Å². The Hall–Kier alpha value is -0.940. The minimum Gasteiger partial charge on any atom is -0.489 e. The number of benzene rings is 2. The third-order valence-corrected chi connectivity index (χ3v) is 5.59. The van der Waals surface area contributed by atoms with E-state index in [-0.39, 0.29) is 6.10 Å². The van der Waals surface area contributed by atoms with Crippen LogP contribution in [0.15, 0.2) is 41.5 Å². The van der Waals surface area contributed by atoms with Crippen LogP contribution in [0.4, 0.5) is 5.13 Å². The largest absolute Gasteiger partial charge is 0.489 e. The lowest BCUT2D eigenvalue weighted by Gasteiger charge is -2.14. The summed E-state index contributed by atoms with van der Waals surface area (Å²) in [6.45, 7) is 4.06. The predicted molar refractivity (Wildman–Crippen MR) is 118 cm³/mol. The molecule has 3 rings (SSSR count). The van der Waals surface area contributed by atoms with Gasteiger partial charge < -0.3 is 4.74 Å². The van der Waals surface area contributed by atoms with E-state index in [1.54, 1.807) is 17.6 Å². The lowest BCUT2D eigenvalue weighted by atomic mass is 10.2. The highest BCUT2D eigenvalue weighted by Crippen LogP contribution is 2.29. The summed E-state index contributed by atoms with van der Waals surface area (Å²) in [5.41, 5.74) is 5.02. The van der Waals surface area contributed by atoms with Crippen molar-refractivity contribution in [2.75, 3.05) is 5.43 Å². The highest BCUT2D eigenvalue weighted by atomic mass is 127. The number of nitrogens with zero attached hydrogens (tertiary/aromatic N) is 2. The minimum absolute atomic E-state index is 0.159. The first-order valence-electron chi connectivity index (χ1n) is 7.33. The van der Waals surface area contributed by atoms with Gasteiger partial charge in [0.2, 0.25) is 5.13 Å². The van der Waals surface area contributed by atoms with Crippen molar-refractivity contribution in [3.05, 3.63) is 49.1 Å². The molecule has 124 valence electrons. The van der Waals surface area contributed by atoms with Crippen LogP contribution in [0.5, 0.6) is 5.75 Å². The Bertz CT molecular complexity index is 836. The molecule has 0 aliphatic rings. The number of hydrogen-bond donors (Lipinski definition) is 1. The molecule has 2 aromatic carbocycles. The van der Waals surface area contributed by atoms with Gasteiger partial charge in [-0.15, -0.1) is 0 Å². The molecular weight excluding hydrogens is 548 g/mol. The quantitative estimate of drug-likeness (QED) is 0.245. The van der Waals surface area contributed by atoms with E-state index in [0.717, 1.165) is 33.8 Å². The number of rotatable bonds is 5. The molecule has 0 aliphatic carbocycles. The molecule has 0 saturated carbocycles. The number of hydrazone groups is 1. The molecule has 4 nitrogen and oxygen atoms in total. The van der Waals surface area contributed by atoms with Crippen LogP contribution in [-0.2, 0) is 0 Å². The Morgan fingerprint density at radius 3 is 2.58 bits per heavy atom. The van der Waals surface area contributed by atoms with Crippen molar-refractivity contribution in [1.29, 1.82) is 0 Å². The lowest BCUT2D eigenvalue weighted by Crippen LogP contribution is -2.08. The summed E-state index contributed by atoms with van der Waals surface area (Å²) in [5, 5.41) is 5.09. The number of ether oxygens (including phenoxy) is 1. The molecule has 0 atom stereocenters. The Labute approximate surface area is 172 Å². The number of aromatic nitrogens is 1. The third-order valence-electron chi connectivity index (χ3n) is 3.04. The molecule has 0 radical (unpaired) electrons. The smallest absolute Gasteiger partial charge is 0.204 e. The van der Waals surface area contributed by atoms with Crippen molar-refractivity contribution in [3.8, 4) is 5.75 Å². The summed E-state index contributed by atoms with van der Waals surface area (Å²) < 4.78 is 9.16. The van der Waals surface area contributed by atoms with E-state index in [1.165, 1.54) is 0 Å². The van der Waals surface area contributed by atoms with Crippen molar-refractivity contribution >= 4 is 78.1 Å². The van der Waals surface area contributed by atoms with Crippen LogP contribution in [0, 0.1) is 7.14 Å². The Morgan fingerprint density at radius 2 is 1.92 bits per heavy atom. The zero-order chi connectivity index (χ0) is 17.1. The average Bonchev–Trinajstić information content (AvgIpc) is 2.93. The maximum Gasteiger partial charge on any atom is 0.204 e. The van der Waals surface area contributed by atoms with Crippen molar-refractivity contribution in [1.82, 2.24) is 4.98 Å². The molecule has 0 saturated heterocycles. The first kappa shape index (κ1) is 17.9. The van der Waals surface area contributed by atoms with Crippen LogP contribution in [0.1, 0.15) is 19.4 Å². The van der Waals surface area contributed by atoms with Gasteiger partial charge in [0, 0.05) is 0 Å². The van der Waals surface area contributed by atoms with Gasteiger partial charge in [-0.25, -0.2) is 4.98 Å². The van der Waals surface area contributed by atoms with Gasteiger partial charge in [-0.3, -0.25) is 5.43 Å². The highest BCUT2D eigenvalue weighted by molar-refractivity contribution is 14.1. The van der Waals surface area contributed by atoms with Gasteiger partial charge in [-0.2, -0.15) is 5.10 Å². The second kappa shape index (κ2) is 7.96. The molecule has 1 N–H and O–H groups in total. The fraction of sp³-hybridized carbons (Fsp3) is 0.176. The number of halogens is 2. The molecule has 7 heteroatoms. The SMILES string of the molecule is CC(C)Oc1c(I)cc(/C=N/Nc2nc3ccccc3s2)cc1I. The molecule has 0 bridgehead atoms. The zero-order valence-corrected chi connectivity index (χ0v) is 18.2. The molecule has 0 fully saturated rings. The fourth-order valence-electron chi connectivity index (χ4n) is 2.08. The molecule has 0 spiro atoms. The monoisotopic (exact) mass is 563 g/mol. The Kier molecular flexibility index (Phi) is 5.93. The Balaban J connectivity index is 1.74. The summed E-state index contributed by atoms with van der Waals surface area (Å²) in [7, 11) is 0. The minimum atomic E-state index is 0.159. The second-order valence-electron chi connectivity index (χ2n) is 5.34. The van der Waals surface area contributed by atoms with Gasteiger partial charge in [0.15, 0.2) is 0 Å². The van der Waals surface area contributed by atoms with Crippen LogP contribution in [0.3, 0.4) is 0 Å². The molecule has 24 heavy (non-hydrogen) atoms. The van der Waals surface area contributed by atoms with Crippen LogP contribution in [0.25, 0.3) is 10.2 Å². The third kappa shape index (κ3) is 4.37. The molecule has 0 amide bonds. The van der Waals surface area contributed by atoms with Crippen molar-refractivity contribution in [2.45, 2.75) is 20.0 Å². The average molecular weight is 563 g/mol. The summed E-state index contributed by atoms with van der Waals surface area (Å²) in [6, 6.07) is 12.2. The number of fused-ring (bicyclic) bond motifs is 1. The van der Waals surface area contributed by atoms with Crippen LogP contribution in [-0.4, -0.2) is 17.3 Å². The maximum absolute atomic E-state index is 5.85. The molecule has 1 heterocycles. The van der Waals surface area contributed by atoms with Gasteiger partial charge in [0.1, 0.15) is 5.75 Å². The van der Waals surface area contributed by atoms with E-state index in [9.17, 15) is 0 Å². The van der Waals surface area contributed by atoms with Crippen molar-refractivity contribution in [3.63, 3.8) is 0 Å². The van der Waals surface area contributed by atoms with Crippen molar-refractivity contribution < 1.29 is 4.74 Å². The van der Waals surface area contributed by atoms with E-state index < -0.39 is 0 Å². The summed E-state index contributed by atoms with van der Waals surface area (Å²) in [6.07, 6.45) is 1.96. The van der Waals surface area contributed by atoms with Gasteiger partial charge >= 0.3 is 0 Å². The second-order valence-corrected chi connectivity index (χ2v) is 8.69. The Morgan fingerprint density at radius 1 is 1.21 bits per heavy atom. The normalized spacial score (nSPS) is 11.5. The zero-order valence-electron chi connectivity index (χ0n) is 13.1. The molecular formula is C17H15I2N3OS.